The number of thioether (sulfide) groups is 1. The highest BCUT2D eigenvalue weighted by molar-refractivity contribution is 8.05. The molecular weight excluding hydrogens is 353 g/mol. The number of carbonyl (C=O) groups is 2. The molecule has 1 fully saturated rings. The largest absolute Gasteiger partial charge is 0.365 e. The molecule has 0 bridgehead atoms. The number of amides is 2. The Labute approximate surface area is 153 Å². The zero-order valence-electron chi connectivity index (χ0n) is 13.6. The van der Waals surface area contributed by atoms with Crippen molar-refractivity contribution in [1.29, 1.82) is 5.26 Å². The van der Waals surface area contributed by atoms with E-state index in [1.165, 1.54) is 29.2 Å². The van der Waals surface area contributed by atoms with Gasteiger partial charge < -0.3 is 5.73 Å². The van der Waals surface area contributed by atoms with Crippen molar-refractivity contribution in [3.63, 3.8) is 0 Å². The fourth-order valence-electron chi connectivity index (χ4n) is 2.65. The number of rotatable bonds is 4. The van der Waals surface area contributed by atoms with E-state index in [2.05, 4.69) is 0 Å². The molecular formula is C19H14FN3O2S. The summed E-state index contributed by atoms with van der Waals surface area (Å²) in [5.74, 6) is -1.64. The summed E-state index contributed by atoms with van der Waals surface area (Å²) < 4.78 is 13.2. The van der Waals surface area contributed by atoms with E-state index < -0.39 is 17.0 Å². The summed E-state index contributed by atoms with van der Waals surface area (Å²) in [6.45, 7) is 0. The number of nitriles is 1. The van der Waals surface area contributed by atoms with Gasteiger partial charge in [0.2, 0.25) is 5.91 Å². The van der Waals surface area contributed by atoms with Crippen LogP contribution in [0, 0.1) is 17.1 Å². The van der Waals surface area contributed by atoms with Crippen molar-refractivity contribution in [2.24, 2.45) is 5.73 Å². The van der Waals surface area contributed by atoms with Crippen molar-refractivity contribution in [1.82, 2.24) is 0 Å². The Morgan fingerprint density at radius 3 is 2.42 bits per heavy atom. The van der Waals surface area contributed by atoms with Crippen LogP contribution in [0.5, 0.6) is 0 Å². The standard InChI is InChI=1S/C19H14FN3O2S/c20-13-6-8-14(9-7-13)23-18(25)16(10-12-4-2-1-3-5-12)26-19(23)15(11-21)17(22)24/h1-9,16H,10H2,(H2,22,24)/b19-15-. The molecule has 1 aliphatic rings. The van der Waals surface area contributed by atoms with Gasteiger partial charge in [-0.2, -0.15) is 5.26 Å². The minimum Gasteiger partial charge on any atom is -0.365 e. The highest BCUT2D eigenvalue weighted by Gasteiger charge is 2.40. The molecule has 1 saturated heterocycles. The lowest BCUT2D eigenvalue weighted by molar-refractivity contribution is -0.117. The molecule has 2 aromatic carbocycles. The van der Waals surface area contributed by atoms with Crippen LogP contribution in [0.3, 0.4) is 0 Å². The second kappa shape index (κ2) is 7.42. The molecule has 26 heavy (non-hydrogen) atoms. The van der Waals surface area contributed by atoms with Crippen LogP contribution >= 0.6 is 11.8 Å². The van der Waals surface area contributed by atoms with Gasteiger partial charge in [0.1, 0.15) is 22.5 Å². The average Bonchev–Trinajstić information content (AvgIpc) is 2.93. The topological polar surface area (TPSA) is 87.2 Å². The minimum absolute atomic E-state index is 0.178. The molecule has 2 amide bonds. The molecule has 1 heterocycles. The maximum atomic E-state index is 13.2. The Morgan fingerprint density at radius 2 is 1.85 bits per heavy atom. The van der Waals surface area contributed by atoms with E-state index in [1.807, 2.05) is 30.3 Å². The van der Waals surface area contributed by atoms with E-state index in [0.29, 0.717) is 12.1 Å². The van der Waals surface area contributed by atoms with Crippen molar-refractivity contribution in [2.75, 3.05) is 4.90 Å². The summed E-state index contributed by atoms with van der Waals surface area (Å²) in [6, 6.07) is 16.5. The Bertz CT molecular complexity index is 920. The van der Waals surface area contributed by atoms with E-state index in [0.717, 1.165) is 17.3 Å². The highest BCUT2D eigenvalue weighted by atomic mass is 32.2. The summed E-state index contributed by atoms with van der Waals surface area (Å²) in [7, 11) is 0. The van der Waals surface area contributed by atoms with E-state index in [-0.39, 0.29) is 16.5 Å². The van der Waals surface area contributed by atoms with Crippen LogP contribution in [-0.4, -0.2) is 17.1 Å². The lowest BCUT2D eigenvalue weighted by Crippen LogP contribution is -2.31. The first-order chi connectivity index (χ1) is 12.5. The van der Waals surface area contributed by atoms with Crippen LogP contribution in [0.4, 0.5) is 10.1 Å². The molecule has 0 radical (unpaired) electrons. The lowest BCUT2D eigenvalue weighted by Gasteiger charge is -2.18. The normalized spacial score (nSPS) is 18.5. The van der Waals surface area contributed by atoms with Crippen molar-refractivity contribution >= 4 is 29.3 Å². The second-order valence-corrected chi connectivity index (χ2v) is 6.79. The van der Waals surface area contributed by atoms with Gasteiger partial charge in [0.25, 0.3) is 5.91 Å². The van der Waals surface area contributed by atoms with E-state index >= 15 is 0 Å². The maximum absolute atomic E-state index is 13.2. The summed E-state index contributed by atoms with van der Waals surface area (Å²) in [4.78, 5) is 25.9. The predicted octanol–water partition coefficient (Wildman–Crippen LogP) is 2.74. The molecule has 5 nitrogen and oxygen atoms in total. The Kier molecular flexibility index (Phi) is 5.05. The van der Waals surface area contributed by atoms with Gasteiger partial charge in [-0.1, -0.05) is 42.1 Å². The van der Waals surface area contributed by atoms with E-state index in [4.69, 9.17) is 5.73 Å². The molecule has 130 valence electrons. The summed E-state index contributed by atoms with van der Waals surface area (Å²) in [5, 5.41) is 8.97. The van der Waals surface area contributed by atoms with Crippen molar-refractivity contribution < 1.29 is 14.0 Å². The predicted molar refractivity (Wildman–Crippen MR) is 97.2 cm³/mol. The number of nitrogens with zero attached hydrogens (tertiary/aromatic N) is 2. The Morgan fingerprint density at radius 1 is 1.19 bits per heavy atom. The Balaban J connectivity index is 2.03. The monoisotopic (exact) mass is 367 g/mol. The SMILES string of the molecule is N#C/C(C(N)=O)=C1/SC(Cc2ccccc2)C(=O)N1c1ccc(F)cc1. The van der Waals surface area contributed by atoms with Crippen LogP contribution in [0.2, 0.25) is 0 Å². The van der Waals surface area contributed by atoms with Crippen LogP contribution in [0.15, 0.2) is 65.2 Å². The van der Waals surface area contributed by atoms with Gasteiger partial charge in [0, 0.05) is 5.69 Å². The first kappa shape index (κ1) is 17.7. The van der Waals surface area contributed by atoms with Gasteiger partial charge >= 0.3 is 0 Å². The number of benzene rings is 2. The van der Waals surface area contributed by atoms with Crippen LogP contribution in [-0.2, 0) is 16.0 Å². The molecule has 2 N–H and O–H groups in total. The lowest BCUT2D eigenvalue weighted by atomic mass is 10.1. The van der Waals surface area contributed by atoms with Crippen molar-refractivity contribution in [3.05, 3.63) is 76.6 Å². The zero-order valence-corrected chi connectivity index (χ0v) is 14.4. The molecule has 1 atom stereocenters. The maximum Gasteiger partial charge on any atom is 0.262 e. The van der Waals surface area contributed by atoms with Gasteiger partial charge in [-0.3, -0.25) is 14.5 Å². The summed E-state index contributed by atoms with van der Waals surface area (Å²) in [5.41, 5.74) is 6.35. The van der Waals surface area contributed by atoms with Gasteiger partial charge in [0.15, 0.2) is 0 Å². The van der Waals surface area contributed by atoms with E-state index in [1.54, 1.807) is 6.07 Å². The third-order valence-electron chi connectivity index (χ3n) is 3.87. The summed E-state index contributed by atoms with van der Waals surface area (Å²) in [6.07, 6.45) is 0.434. The molecule has 0 aliphatic carbocycles. The zero-order chi connectivity index (χ0) is 18.7. The number of primary amides is 1. The number of hydrogen-bond donors (Lipinski definition) is 1. The van der Waals surface area contributed by atoms with Gasteiger partial charge in [-0.05, 0) is 36.2 Å². The van der Waals surface area contributed by atoms with Crippen LogP contribution in [0.1, 0.15) is 5.56 Å². The van der Waals surface area contributed by atoms with Gasteiger partial charge in [-0.25, -0.2) is 4.39 Å². The third-order valence-corrected chi connectivity index (χ3v) is 5.14. The molecule has 3 rings (SSSR count). The minimum atomic E-state index is -0.907. The molecule has 0 saturated carbocycles. The second-order valence-electron chi connectivity index (χ2n) is 5.60. The average molecular weight is 367 g/mol. The molecule has 0 aromatic heterocycles. The van der Waals surface area contributed by atoms with Crippen LogP contribution in [0.25, 0.3) is 0 Å². The first-order valence-corrected chi connectivity index (χ1v) is 8.63. The Hall–Kier alpha value is -3.11. The van der Waals surface area contributed by atoms with Gasteiger partial charge in [0.05, 0.1) is 5.25 Å². The fraction of sp³-hybridized carbons (Fsp3) is 0.105. The van der Waals surface area contributed by atoms with E-state index in [9.17, 15) is 19.2 Å². The third kappa shape index (κ3) is 3.46. The fourth-order valence-corrected chi connectivity index (χ4v) is 3.97. The van der Waals surface area contributed by atoms with Gasteiger partial charge in [-0.15, -0.1) is 0 Å². The molecule has 2 aromatic rings. The quantitative estimate of drug-likeness (QED) is 0.665. The van der Waals surface area contributed by atoms with Crippen molar-refractivity contribution in [2.45, 2.75) is 11.7 Å². The van der Waals surface area contributed by atoms with Crippen LogP contribution < -0.4 is 10.6 Å². The molecule has 0 spiro atoms. The number of nitrogens with two attached hydrogens (primary N) is 1. The van der Waals surface area contributed by atoms with Crippen molar-refractivity contribution in [3.8, 4) is 6.07 Å². The molecule has 1 aliphatic heterocycles. The molecule has 7 heteroatoms. The first-order valence-electron chi connectivity index (χ1n) is 7.75. The number of hydrogen-bond acceptors (Lipinski definition) is 4. The number of anilines is 1. The number of halogens is 1. The molecule has 1 unspecified atom stereocenters. The highest BCUT2D eigenvalue weighted by Crippen LogP contribution is 2.41. The number of carbonyl (C=O) groups excluding carboxylic acids is 2. The summed E-state index contributed by atoms with van der Waals surface area (Å²) >= 11 is 1.12. The smallest absolute Gasteiger partial charge is 0.262 e.